The van der Waals surface area contributed by atoms with E-state index < -0.39 is 6.04 Å². The van der Waals surface area contributed by atoms with E-state index in [1.807, 2.05) is 69.3 Å². The minimum Gasteiger partial charge on any atom is -0.493 e. The standard InChI is InChI=1S/C23H32N2O3/c1-6-14-28-20-13-12-19(15-21(20)27-5)17(4)25-22(23(26)24-16(2)3)18-10-8-7-9-11-18/h7-13,15-17,22,25H,6,14H2,1-5H3,(H,24,26). The third kappa shape index (κ3) is 5.99. The van der Waals surface area contributed by atoms with Crippen molar-refractivity contribution in [3.05, 3.63) is 59.7 Å². The first-order valence-corrected chi connectivity index (χ1v) is 9.88. The number of amides is 1. The lowest BCUT2D eigenvalue weighted by Gasteiger charge is -2.25. The molecule has 2 aromatic rings. The Hall–Kier alpha value is -2.53. The Labute approximate surface area is 168 Å². The van der Waals surface area contributed by atoms with Gasteiger partial charge >= 0.3 is 0 Å². The topological polar surface area (TPSA) is 59.6 Å². The van der Waals surface area contributed by atoms with E-state index in [-0.39, 0.29) is 18.0 Å². The molecule has 2 rings (SSSR count). The molecule has 0 bridgehead atoms. The van der Waals surface area contributed by atoms with Crippen molar-refractivity contribution in [2.45, 2.75) is 52.2 Å². The molecule has 0 aliphatic rings. The molecule has 0 aromatic heterocycles. The van der Waals surface area contributed by atoms with Gasteiger partial charge in [-0.1, -0.05) is 43.3 Å². The van der Waals surface area contributed by atoms with Gasteiger partial charge in [0.1, 0.15) is 6.04 Å². The van der Waals surface area contributed by atoms with E-state index in [4.69, 9.17) is 9.47 Å². The average Bonchev–Trinajstić information content (AvgIpc) is 2.70. The molecule has 0 aliphatic heterocycles. The van der Waals surface area contributed by atoms with Crippen molar-refractivity contribution >= 4 is 5.91 Å². The highest BCUT2D eigenvalue weighted by atomic mass is 16.5. The van der Waals surface area contributed by atoms with E-state index in [9.17, 15) is 4.79 Å². The molecule has 0 fully saturated rings. The lowest BCUT2D eigenvalue weighted by molar-refractivity contribution is -0.124. The van der Waals surface area contributed by atoms with Crippen LogP contribution >= 0.6 is 0 Å². The third-order valence-corrected chi connectivity index (χ3v) is 4.39. The third-order valence-electron chi connectivity index (χ3n) is 4.39. The van der Waals surface area contributed by atoms with E-state index in [2.05, 4.69) is 17.6 Å². The number of ether oxygens (including phenoxy) is 2. The summed E-state index contributed by atoms with van der Waals surface area (Å²) in [5.74, 6) is 1.39. The number of nitrogens with one attached hydrogen (secondary N) is 2. The molecule has 0 radical (unpaired) electrons. The van der Waals surface area contributed by atoms with Crippen LogP contribution in [0.1, 0.15) is 57.3 Å². The summed E-state index contributed by atoms with van der Waals surface area (Å²) in [6.45, 7) is 8.68. The molecular weight excluding hydrogens is 352 g/mol. The maximum atomic E-state index is 12.8. The quantitative estimate of drug-likeness (QED) is 0.637. The summed E-state index contributed by atoms with van der Waals surface area (Å²) < 4.78 is 11.2. The number of carbonyl (C=O) groups is 1. The van der Waals surface area contributed by atoms with Crippen molar-refractivity contribution < 1.29 is 14.3 Å². The largest absolute Gasteiger partial charge is 0.493 e. The van der Waals surface area contributed by atoms with Crippen LogP contribution in [0, 0.1) is 0 Å². The molecule has 0 saturated heterocycles. The average molecular weight is 385 g/mol. The predicted molar refractivity (Wildman–Crippen MR) is 113 cm³/mol. The summed E-state index contributed by atoms with van der Waals surface area (Å²) >= 11 is 0. The summed E-state index contributed by atoms with van der Waals surface area (Å²) in [4.78, 5) is 12.8. The zero-order valence-electron chi connectivity index (χ0n) is 17.5. The van der Waals surface area contributed by atoms with Gasteiger partial charge in [-0.05, 0) is 50.5 Å². The second-order valence-electron chi connectivity index (χ2n) is 7.15. The Balaban J connectivity index is 2.22. The Morgan fingerprint density at radius 2 is 1.71 bits per heavy atom. The van der Waals surface area contributed by atoms with Gasteiger partial charge in [0, 0.05) is 12.1 Å². The predicted octanol–water partition coefficient (Wildman–Crippen LogP) is 4.40. The number of methoxy groups -OCH3 is 1. The molecule has 1 amide bonds. The molecule has 0 heterocycles. The number of hydrogen-bond acceptors (Lipinski definition) is 4. The van der Waals surface area contributed by atoms with Crippen molar-refractivity contribution in [3.8, 4) is 11.5 Å². The molecule has 2 atom stereocenters. The maximum absolute atomic E-state index is 12.8. The number of rotatable bonds is 10. The minimum absolute atomic E-state index is 0.0390. The van der Waals surface area contributed by atoms with E-state index in [0.29, 0.717) is 12.4 Å². The van der Waals surface area contributed by atoms with E-state index in [1.165, 1.54) is 0 Å². The maximum Gasteiger partial charge on any atom is 0.241 e. The van der Waals surface area contributed by atoms with Crippen LogP contribution in [0.3, 0.4) is 0 Å². The SMILES string of the molecule is CCCOc1ccc(C(C)NC(C(=O)NC(C)C)c2ccccc2)cc1OC. The fourth-order valence-corrected chi connectivity index (χ4v) is 2.97. The van der Waals surface area contributed by atoms with Crippen molar-refractivity contribution in [3.63, 3.8) is 0 Å². The van der Waals surface area contributed by atoms with Gasteiger partial charge in [0.15, 0.2) is 11.5 Å². The van der Waals surface area contributed by atoms with Crippen molar-refractivity contribution in [2.24, 2.45) is 0 Å². The van der Waals surface area contributed by atoms with Crippen LogP contribution in [0.15, 0.2) is 48.5 Å². The normalized spacial score (nSPS) is 13.1. The molecule has 152 valence electrons. The highest BCUT2D eigenvalue weighted by Gasteiger charge is 2.23. The molecule has 5 nitrogen and oxygen atoms in total. The summed E-state index contributed by atoms with van der Waals surface area (Å²) in [5.41, 5.74) is 1.96. The van der Waals surface area contributed by atoms with E-state index >= 15 is 0 Å². The molecule has 28 heavy (non-hydrogen) atoms. The summed E-state index contributed by atoms with van der Waals surface area (Å²) in [5, 5.41) is 6.47. The minimum atomic E-state index is -0.444. The first kappa shape index (κ1) is 21.8. The summed E-state index contributed by atoms with van der Waals surface area (Å²) in [6.07, 6.45) is 0.937. The fraction of sp³-hybridized carbons (Fsp3) is 0.435. The second kappa shape index (κ2) is 10.7. The Morgan fingerprint density at radius 3 is 2.32 bits per heavy atom. The van der Waals surface area contributed by atoms with Gasteiger partial charge in [0.2, 0.25) is 5.91 Å². The van der Waals surface area contributed by atoms with Gasteiger partial charge in [-0.15, -0.1) is 0 Å². The van der Waals surface area contributed by atoms with Crippen LogP contribution in [-0.4, -0.2) is 25.7 Å². The Bertz CT molecular complexity index is 747. The first-order valence-electron chi connectivity index (χ1n) is 9.88. The first-order chi connectivity index (χ1) is 13.5. The lowest BCUT2D eigenvalue weighted by atomic mass is 10.0. The highest BCUT2D eigenvalue weighted by Crippen LogP contribution is 2.31. The van der Waals surface area contributed by atoms with E-state index in [0.717, 1.165) is 23.3 Å². The summed E-state index contributed by atoms with van der Waals surface area (Å²) in [7, 11) is 1.64. The summed E-state index contributed by atoms with van der Waals surface area (Å²) in [6, 6.07) is 15.2. The van der Waals surface area contributed by atoms with Crippen LogP contribution in [0.4, 0.5) is 0 Å². The molecule has 0 spiro atoms. The van der Waals surface area contributed by atoms with Gasteiger partial charge in [-0.2, -0.15) is 0 Å². The monoisotopic (exact) mass is 384 g/mol. The number of benzene rings is 2. The van der Waals surface area contributed by atoms with Crippen molar-refractivity contribution in [2.75, 3.05) is 13.7 Å². The number of carbonyl (C=O) groups excluding carboxylic acids is 1. The van der Waals surface area contributed by atoms with Gasteiger partial charge in [-0.25, -0.2) is 0 Å². The van der Waals surface area contributed by atoms with Crippen LogP contribution in [0.25, 0.3) is 0 Å². The molecule has 5 heteroatoms. The molecule has 2 unspecified atom stereocenters. The van der Waals surface area contributed by atoms with Crippen LogP contribution in [0.2, 0.25) is 0 Å². The van der Waals surface area contributed by atoms with Crippen molar-refractivity contribution in [1.82, 2.24) is 10.6 Å². The van der Waals surface area contributed by atoms with Gasteiger partial charge in [-0.3, -0.25) is 10.1 Å². The second-order valence-corrected chi connectivity index (χ2v) is 7.15. The Kier molecular flexibility index (Phi) is 8.33. The smallest absolute Gasteiger partial charge is 0.241 e. The van der Waals surface area contributed by atoms with Gasteiger partial charge < -0.3 is 14.8 Å². The van der Waals surface area contributed by atoms with Crippen LogP contribution < -0.4 is 20.1 Å². The van der Waals surface area contributed by atoms with E-state index in [1.54, 1.807) is 7.11 Å². The fourth-order valence-electron chi connectivity index (χ4n) is 2.97. The number of hydrogen-bond donors (Lipinski definition) is 2. The van der Waals surface area contributed by atoms with Crippen LogP contribution in [0.5, 0.6) is 11.5 Å². The molecule has 0 aliphatic carbocycles. The van der Waals surface area contributed by atoms with Crippen LogP contribution in [-0.2, 0) is 4.79 Å². The Morgan fingerprint density at radius 1 is 1.00 bits per heavy atom. The molecular formula is C23H32N2O3. The van der Waals surface area contributed by atoms with Gasteiger partial charge in [0.05, 0.1) is 13.7 Å². The highest BCUT2D eigenvalue weighted by molar-refractivity contribution is 5.83. The zero-order chi connectivity index (χ0) is 20.5. The molecule has 2 N–H and O–H groups in total. The lowest BCUT2D eigenvalue weighted by Crippen LogP contribution is -2.41. The molecule has 2 aromatic carbocycles. The van der Waals surface area contributed by atoms with Crippen molar-refractivity contribution in [1.29, 1.82) is 0 Å². The molecule has 0 saturated carbocycles. The van der Waals surface area contributed by atoms with Gasteiger partial charge in [0.25, 0.3) is 0 Å². The zero-order valence-corrected chi connectivity index (χ0v) is 17.5.